The fourth-order valence-corrected chi connectivity index (χ4v) is 2.53. The van der Waals surface area contributed by atoms with Gasteiger partial charge in [-0.3, -0.25) is 4.79 Å². The van der Waals surface area contributed by atoms with Gasteiger partial charge in [0.25, 0.3) is 5.56 Å². The Morgan fingerprint density at radius 3 is 2.79 bits per heavy atom. The van der Waals surface area contributed by atoms with Crippen LogP contribution in [-0.4, -0.2) is 28.0 Å². The molecule has 0 saturated heterocycles. The molecule has 1 saturated carbocycles. The number of alkyl halides is 1. The first-order valence-corrected chi connectivity index (χ1v) is 7.58. The molecule has 1 fully saturated rings. The van der Waals surface area contributed by atoms with Gasteiger partial charge in [-0.15, -0.1) is 11.6 Å². The van der Waals surface area contributed by atoms with Gasteiger partial charge in [0.05, 0.1) is 0 Å². The van der Waals surface area contributed by atoms with Crippen molar-refractivity contribution in [3.63, 3.8) is 0 Å². The van der Waals surface area contributed by atoms with Crippen molar-refractivity contribution in [2.45, 2.75) is 51.6 Å². The Balaban J connectivity index is 2.30. The Morgan fingerprint density at radius 1 is 1.53 bits per heavy atom. The average molecular weight is 284 g/mol. The molecular formula is C14H22ClN3O. The maximum absolute atomic E-state index is 12.5. The molecule has 0 atom stereocenters. The number of rotatable bonds is 6. The molecule has 1 aliphatic rings. The predicted molar refractivity (Wildman–Crippen MR) is 79.2 cm³/mol. The van der Waals surface area contributed by atoms with Gasteiger partial charge in [-0.2, -0.15) is 0 Å². The van der Waals surface area contributed by atoms with Crippen molar-refractivity contribution >= 4 is 17.4 Å². The Bertz CT molecular complexity index is 468. The summed E-state index contributed by atoms with van der Waals surface area (Å²) in [6.45, 7) is 4.84. The normalized spacial score (nSPS) is 15.6. The second-order valence-electron chi connectivity index (χ2n) is 5.38. The van der Waals surface area contributed by atoms with E-state index in [1.807, 2.05) is 13.8 Å². The molecular weight excluding hydrogens is 262 g/mol. The van der Waals surface area contributed by atoms with Gasteiger partial charge in [0.2, 0.25) is 0 Å². The molecule has 0 amide bonds. The van der Waals surface area contributed by atoms with E-state index < -0.39 is 0 Å². The van der Waals surface area contributed by atoms with Crippen molar-refractivity contribution in [1.82, 2.24) is 9.55 Å². The number of aromatic nitrogens is 2. The zero-order chi connectivity index (χ0) is 13.8. The minimum absolute atomic E-state index is 0.0129. The number of halogens is 1. The summed E-state index contributed by atoms with van der Waals surface area (Å²) >= 11 is 5.79. The summed E-state index contributed by atoms with van der Waals surface area (Å²) in [5.41, 5.74) is 0.0129. The summed E-state index contributed by atoms with van der Waals surface area (Å²) in [5, 5.41) is 0. The Labute approximate surface area is 119 Å². The highest BCUT2D eigenvalue weighted by molar-refractivity contribution is 6.17. The van der Waals surface area contributed by atoms with E-state index >= 15 is 0 Å². The topological polar surface area (TPSA) is 38.1 Å². The molecule has 19 heavy (non-hydrogen) atoms. The first kappa shape index (κ1) is 14.4. The number of hydrogen-bond acceptors (Lipinski definition) is 3. The van der Waals surface area contributed by atoms with E-state index in [1.165, 1.54) is 6.42 Å². The standard InChI is InChI=1S/C14H22ClN3O/c1-11(2)17-10-8-16-13(14(17)19)18(9-4-7-15)12-5-3-6-12/h8,10-12H,3-7,9H2,1-2H3. The van der Waals surface area contributed by atoms with E-state index in [0.717, 1.165) is 25.8 Å². The zero-order valence-electron chi connectivity index (χ0n) is 11.7. The third-order valence-electron chi connectivity index (χ3n) is 3.73. The van der Waals surface area contributed by atoms with Gasteiger partial charge in [-0.05, 0) is 39.5 Å². The van der Waals surface area contributed by atoms with Crippen molar-refractivity contribution < 1.29 is 0 Å². The predicted octanol–water partition coefficient (Wildman–Crippen LogP) is 2.81. The van der Waals surface area contributed by atoms with Crippen LogP contribution in [0, 0.1) is 0 Å². The minimum atomic E-state index is 0.0129. The van der Waals surface area contributed by atoms with Gasteiger partial charge >= 0.3 is 0 Å². The highest BCUT2D eigenvalue weighted by Gasteiger charge is 2.27. The molecule has 5 heteroatoms. The van der Waals surface area contributed by atoms with Crippen LogP contribution in [0.3, 0.4) is 0 Å². The van der Waals surface area contributed by atoms with Crippen molar-refractivity contribution in [2.75, 3.05) is 17.3 Å². The van der Waals surface area contributed by atoms with Crippen molar-refractivity contribution in [3.8, 4) is 0 Å². The number of nitrogens with zero attached hydrogens (tertiary/aromatic N) is 3. The van der Waals surface area contributed by atoms with Crippen molar-refractivity contribution in [3.05, 3.63) is 22.7 Å². The van der Waals surface area contributed by atoms with E-state index in [4.69, 9.17) is 11.6 Å². The summed E-state index contributed by atoms with van der Waals surface area (Å²) in [4.78, 5) is 19.0. The van der Waals surface area contributed by atoms with Crippen LogP contribution in [0.25, 0.3) is 0 Å². The van der Waals surface area contributed by atoms with Gasteiger partial charge in [0, 0.05) is 36.9 Å². The van der Waals surface area contributed by atoms with Gasteiger partial charge in [-0.25, -0.2) is 4.98 Å². The van der Waals surface area contributed by atoms with E-state index in [1.54, 1.807) is 17.0 Å². The smallest absolute Gasteiger partial charge is 0.293 e. The molecule has 1 aromatic rings. The Morgan fingerprint density at radius 2 is 2.26 bits per heavy atom. The molecule has 1 aliphatic carbocycles. The lowest BCUT2D eigenvalue weighted by Gasteiger charge is -2.38. The molecule has 0 unspecified atom stereocenters. The lowest BCUT2D eigenvalue weighted by atomic mass is 9.91. The van der Waals surface area contributed by atoms with Crippen LogP contribution in [0.4, 0.5) is 5.82 Å². The maximum atomic E-state index is 12.5. The summed E-state index contributed by atoms with van der Waals surface area (Å²) in [6.07, 6.45) is 7.92. The van der Waals surface area contributed by atoms with Crippen LogP contribution in [0.5, 0.6) is 0 Å². The SMILES string of the molecule is CC(C)n1ccnc(N(CCCCl)C2CCC2)c1=O. The third-order valence-corrected chi connectivity index (χ3v) is 3.99. The van der Waals surface area contributed by atoms with Gasteiger partial charge in [0.1, 0.15) is 0 Å². The summed E-state index contributed by atoms with van der Waals surface area (Å²) < 4.78 is 1.74. The van der Waals surface area contributed by atoms with Crippen LogP contribution < -0.4 is 10.5 Å². The number of hydrogen-bond donors (Lipinski definition) is 0. The maximum Gasteiger partial charge on any atom is 0.293 e. The summed E-state index contributed by atoms with van der Waals surface area (Å²) in [6, 6.07) is 0.622. The van der Waals surface area contributed by atoms with E-state index in [-0.39, 0.29) is 11.6 Å². The molecule has 0 radical (unpaired) electrons. The van der Waals surface area contributed by atoms with Gasteiger partial charge in [-0.1, -0.05) is 0 Å². The van der Waals surface area contributed by atoms with Gasteiger partial charge in [0.15, 0.2) is 5.82 Å². The largest absolute Gasteiger partial charge is 0.349 e. The van der Waals surface area contributed by atoms with Crippen LogP contribution >= 0.6 is 11.6 Å². The number of anilines is 1. The van der Waals surface area contributed by atoms with Crippen LogP contribution in [-0.2, 0) is 0 Å². The molecule has 1 aromatic heterocycles. The highest BCUT2D eigenvalue weighted by atomic mass is 35.5. The second-order valence-corrected chi connectivity index (χ2v) is 5.76. The van der Waals surface area contributed by atoms with Crippen molar-refractivity contribution in [1.29, 1.82) is 0 Å². The molecule has 0 N–H and O–H groups in total. The van der Waals surface area contributed by atoms with Crippen molar-refractivity contribution in [2.24, 2.45) is 0 Å². The third kappa shape index (κ3) is 3.11. The zero-order valence-corrected chi connectivity index (χ0v) is 12.4. The van der Waals surface area contributed by atoms with E-state index in [0.29, 0.717) is 17.7 Å². The molecule has 0 spiro atoms. The second kappa shape index (κ2) is 6.42. The molecule has 1 heterocycles. The molecule has 0 bridgehead atoms. The van der Waals surface area contributed by atoms with E-state index in [9.17, 15) is 4.79 Å². The molecule has 4 nitrogen and oxygen atoms in total. The molecule has 2 rings (SSSR count). The Hall–Kier alpha value is -1.03. The lowest BCUT2D eigenvalue weighted by Crippen LogP contribution is -2.45. The molecule has 106 valence electrons. The van der Waals surface area contributed by atoms with Crippen LogP contribution in [0.2, 0.25) is 0 Å². The summed E-state index contributed by atoms with van der Waals surface area (Å²) in [7, 11) is 0. The Kier molecular flexibility index (Phi) is 4.86. The first-order valence-electron chi connectivity index (χ1n) is 7.05. The highest BCUT2D eigenvalue weighted by Crippen LogP contribution is 2.27. The average Bonchev–Trinajstić information content (AvgIpc) is 2.32. The summed E-state index contributed by atoms with van der Waals surface area (Å²) in [5.74, 6) is 1.21. The van der Waals surface area contributed by atoms with Gasteiger partial charge < -0.3 is 9.47 Å². The molecule has 0 aromatic carbocycles. The lowest BCUT2D eigenvalue weighted by molar-refractivity contribution is 0.381. The van der Waals surface area contributed by atoms with Crippen LogP contribution in [0.15, 0.2) is 17.2 Å². The van der Waals surface area contributed by atoms with Crippen LogP contribution in [0.1, 0.15) is 45.6 Å². The molecule has 0 aliphatic heterocycles. The van der Waals surface area contributed by atoms with E-state index in [2.05, 4.69) is 9.88 Å². The monoisotopic (exact) mass is 283 g/mol. The fourth-order valence-electron chi connectivity index (χ4n) is 2.41. The fraction of sp³-hybridized carbons (Fsp3) is 0.714. The minimum Gasteiger partial charge on any atom is -0.349 e. The first-order chi connectivity index (χ1) is 9.15. The quantitative estimate of drug-likeness (QED) is 0.754.